The normalized spacial score (nSPS) is 20.3. The van der Waals surface area contributed by atoms with Crippen LogP contribution in [0.15, 0.2) is 60.7 Å². The Morgan fingerprint density at radius 1 is 0.839 bits per heavy atom. The van der Waals surface area contributed by atoms with Crippen LogP contribution in [-0.4, -0.2) is 6.11 Å². The Labute approximate surface area is 179 Å². The van der Waals surface area contributed by atoms with Gasteiger partial charge in [-0.05, 0) is 73.3 Å². The van der Waals surface area contributed by atoms with Gasteiger partial charge in [0.1, 0.15) is 0 Å². The zero-order valence-corrected chi connectivity index (χ0v) is 17.5. The molecule has 0 aromatic heterocycles. The first kappa shape index (κ1) is 23.5. The number of hydrogen-bond donors (Lipinski definition) is 0. The molecule has 0 N–H and O–H groups in total. The highest BCUT2D eigenvalue weighted by atomic mass is 19.4. The number of rotatable bonds is 7. The van der Waals surface area contributed by atoms with Crippen molar-refractivity contribution in [3.8, 4) is 0 Å². The highest BCUT2D eigenvalue weighted by Crippen LogP contribution is 2.36. The molecule has 2 aromatic carbocycles. The van der Waals surface area contributed by atoms with Crippen LogP contribution in [0.1, 0.15) is 60.8 Å². The van der Waals surface area contributed by atoms with Gasteiger partial charge >= 0.3 is 12.3 Å². The molecule has 1 saturated carbocycles. The van der Waals surface area contributed by atoms with E-state index in [0.29, 0.717) is 17.4 Å². The highest BCUT2D eigenvalue weighted by molar-refractivity contribution is 5.26. The third-order valence-corrected chi connectivity index (χ3v) is 5.83. The predicted molar refractivity (Wildman–Crippen MR) is 111 cm³/mol. The third-order valence-electron chi connectivity index (χ3n) is 5.83. The van der Waals surface area contributed by atoms with Gasteiger partial charge in [0.25, 0.3) is 0 Å². The van der Waals surface area contributed by atoms with Crippen LogP contribution in [0.5, 0.6) is 0 Å². The number of halogens is 5. The molecule has 0 aliphatic heterocycles. The molecule has 6 heteroatoms. The van der Waals surface area contributed by atoms with E-state index >= 15 is 0 Å². The summed E-state index contributed by atoms with van der Waals surface area (Å²) in [5, 5.41) is 0. The van der Waals surface area contributed by atoms with Crippen molar-refractivity contribution in [2.24, 2.45) is 5.92 Å². The molecule has 0 spiro atoms. The number of ether oxygens (including phenoxy) is 1. The van der Waals surface area contributed by atoms with Crippen molar-refractivity contribution < 1.29 is 26.7 Å². The minimum atomic E-state index is -4.49. The van der Waals surface area contributed by atoms with Gasteiger partial charge in [0, 0.05) is 0 Å². The number of hydrogen-bond acceptors (Lipinski definition) is 1. The Hall–Kier alpha value is -2.21. The van der Waals surface area contributed by atoms with Crippen LogP contribution in [0, 0.1) is 5.92 Å². The lowest BCUT2D eigenvalue weighted by Crippen LogP contribution is -2.24. The maximum atomic E-state index is 14.1. The second kappa shape index (κ2) is 9.94. The number of allylic oxidation sites excluding steroid dienone is 2. The first-order valence-electron chi connectivity index (χ1n) is 10.6. The summed E-state index contributed by atoms with van der Waals surface area (Å²) >= 11 is 0. The van der Waals surface area contributed by atoms with E-state index in [1.807, 2.05) is 31.2 Å². The fraction of sp³-hybridized carbons (Fsp3) is 0.440. The average Bonchev–Trinajstić information content (AvgIpc) is 2.73. The van der Waals surface area contributed by atoms with E-state index in [2.05, 4.69) is 12.2 Å². The molecule has 1 fully saturated rings. The topological polar surface area (TPSA) is 9.23 Å². The molecule has 0 amide bonds. The van der Waals surface area contributed by atoms with Gasteiger partial charge in [-0.25, -0.2) is 0 Å². The summed E-state index contributed by atoms with van der Waals surface area (Å²) in [5.74, 6) is 1.15. The maximum Gasteiger partial charge on any atom is 0.416 e. The molecule has 0 unspecified atom stereocenters. The highest BCUT2D eigenvalue weighted by Gasteiger charge is 2.33. The van der Waals surface area contributed by atoms with Gasteiger partial charge < -0.3 is 4.74 Å². The maximum absolute atomic E-state index is 14.1. The van der Waals surface area contributed by atoms with Crippen molar-refractivity contribution in [2.45, 2.75) is 63.8 Å². The lowest BCUT2D eigenvalue weighted by Gasteiger charge is -2.27. The molecule has 31 heavy (non-hydrogen) atoms. The Morgan fingerprint density at radius 3 is 1.97 bits per heavy atom. The van der Waals surface area contributed by atoms with Crippen LogP contribution in [0.25, 0.3) is 0 Å². The monoisotopic (exact) mass is 438 g/mol. The van der Waals surface area contributed by atoms with E-state index in [-0.39, 0.29) is 12.2 Å². The summed E-state index contributed by atoms with van der Waals surface area (Å²) in [6.07, 6.45) is 0.199. The fourth-order valence-electron chi connectivity index (χ4n) is 4.09. The zero-order valence-electron chi connectivity index (χ0n) is 17.5. The van der Waals surface area contributed by atoms with Crippen LogP contribution in [0.3, 0.4) is 0 Å². The summed E-state index contributed by atoms with van der Waals surface area (Å²) in [7, 11) is 0. The molecule has 0 atom stereocenters. The van der Waals surface area contributed by atoms with Crippen LogP contribution in [-0.2, 0) is 23.9 Å². The number of alkyl halides is 5. The molecular weight excluding hydrogens is 411 g/mol. The summed E-state index contributed by atoms with van der Waals surface area (Å²) in [6.45, 7) is 1.78. The Balaban J connectivity index is 1.51. The van der Waals surface area contributed by atoms with Crippen LogP contribution in [0.4, 0.5) is 22.0 Å². The second-order valence-corrected chi connectivity index (χ2v) is 8.18. The molecule has 0 saturated heterocycles. The van der Waals surface area contributed by atoms with Gasteiger partial charge in [-0.1, -0.05) is 48.6 Å². The van der Waals surface area contributed by atoms with E-state index in [9.17, 15) is 22.0 Å². The second-order valence-electron chi connectivity index (χ2n) is 8.18. The fourth-order valence-corrected chi connectivity index (χ4v) is 4.09. The quantitative estimate of drug-likeness (QED) is 0.315. The smallest absolute Gasteiger partial charge is 0.315 e. The molecule has 0 radical (unpaired) electrons. The van der Waals surface area contributed by atoms with Gasteiger partial charge in [-0.15, -0.1) is 0 Å². The van der Waals surface area contributed by atoms with Gasteiger partial charge in [0.05, 0.1) is 18.6 Å². The SMILES string of the molecule is C/C=C/C1CCC(c2ccc(COC(F)(F)Cc3ccc(C(F)(F)F)cc3)cc2)CC1. The first-order chi connectivity index (χ1) is 14.7. The van der Waals surface area contributed by atoms with Crippen LogP contribution in [0.2, 0.25) is 0 Å². The van der Waals surface area contributed by atoms with Gasteiger partial charge in [0.15, 0.2) is 0 Å². The van der Waals surface area contributed by atoms with Crippen molar-refractivity contribution in [3.05, 3.63) is 82.9 Å². The lowest BCUT2D eigenvalue weighted by molar-refractivity contribution is -0.244. The Morgan fingerprint density at radius 2 is 1.42 bits per heavy atom. The van der Waals surface area contributed by atoms with Gasteiger partial charge in [0.2, 0.25) is 0 Å². The summed E-state index contributed by atoms with van der Waals surface area (Å²) in [4.78, 5) is 0. The average molecular weight is 438 g/mol. The Bertz CT molecular complexity index is 845. The molecule has 1 aliphatic rings. The first-order valence-corrected chi connectivity index (χ1v) is 10.6. The zero-order chi connectivity index (χ0) is 22.5. The van der Waals surface area contributed by atoms with Crippen molar-refractivity contribution in [2.75, 3.05) is 0 Å². The molecule has 2 aromatic rings. The van der Waals surface area contributed by atoms with Gasteiger partial charge in [-0.2, -0.15) is 22.0 Å². The van der Waals surface area contributed by atoms with Crippen LogP contribution >= 0.6 is 0 Å². The van der Waals surface area contributed by atoms with E-state index in [1.54, 1.807) is 0 Å². The number of benzene rings is 2. The standard InChI is InChI=1S/C25H27F5O/c1-2-3-18-4-10-21(11-5-18)22-12-6-20(7-13-22)17-31-24(26,27)16-19-8-14-23(15-9-19)25(28,29)30/h2-3,6-9,12-15,18,21H,4-5,10-11,16-17H2,1H3/b3-2+. The molecule has 1 nitrogen and oxygen atoms in total. The summed E-state index contributed by atoms with van der Waals surface area (Å²) < 4.78 is 70.8. The largest absolute Gasteiger partial charge is 0.416 e. The van der Waals surface area contributed by atoms with E-state index < -0.39 is 24.3 Å². The molecule has 168 valence electrons. The summed E-state index contributed by atoms with van der Waals surface area (Å²) in [6, 6.07) is 11.3. The molecule has 0 heterocycles. The molecule has 1 aliphatic carbocycles. The lowest BCUT2D eigenvalue weighted by atomic mass is 9.78. The Kier molecular flexibility index (Phi) is 7.52. The molecule has 3 rings (SSSR count). The molecular formula is C25H27F5O. The predicted octanol–water partition coefficient (Wildman–Crippen LogP) is 7.91. The summed E-state index contributed by atoms with van der Waals surface area (Å²) in [5.41, 5.74) is 1.08. The van der Waals surface area contributed by atoms with Crippen molar-refractivity contribution in [3.63, 3.8) is 0 Å². The van der Waals surface area contributed by atoms with Crippen LogP contribution < -0.4 is 0 Å². The van der Waals surface area contributed by atoms with Crippen molar-refractivity contribution >= 4 is 0 Å². The van der Waals surface area contributed by atoms with Gasteiger partial charge in [-0.3, -0.25) is 0 Å². The van der Waals surface area contributed by atoms with E-state index in [1.165, 1.54) is 5.56 Å². The third kappa shape index (κ3) is 6.89. The molecule has 0 bridgehead atoms. The van der Waals surface area contributed by atoms with Crippen molar-refractivity contribution in [1.29, 1.82) is 0 Å². The minimum Gasteiger partial charge on any atom is -0.315 e. The van der Waals surface area contributed by atoms with E-state index in [0.717, 1.165) is 49.9 Å². The van der Waals surface area contributed by atoms with Crippen molar-refractivity contribution in [1.82, 2.24) is 0 Å². The van der Waals surface area contributed by atoms with E-state index in [4.69, 9.17) is 4.74 Å². The minimum absolute atomic E-state index is 0.0851.